The zero-order valence-electron chi connectivity index (χ0n) is 9.78. The van der Waals surface area contributed by atoms with E-state index in [0.29, 0.717) is 5.56 Å². The molecule has 1 aliphatic rings. The molecule has 0 saturated carbocycles. The molecule has 1 amide bonds. The van der Waals surface area contributed by atoms with Gasteiger partial charge >= 0.3 is 6.09 Å². The maximum atomic E-state index is 11.5. The Balaban J connectivity index is 2.08. The zero-order chi connectivity index (χ0) is 13.0. The lowest BCUT2D eigenvalue weighted by molar-refractivity contribution is 0.148. The minimum atomic E-state index is -0.462. The van der Waals surface area contributed by atoms with Crippen LogP contribution < -0.4 is 5.32 Å². The summed E-state index contributed by atoms with van der Waals surface area (Å²) in [4.78, 5) is 11.5. The highest BCUT2D eigenvalue weighted by molar-refractivity contribution is 6.18. The standard InChI is InChI=1S/C13H13ClN2O2/c14-6-7-18-13(17)16-12-5-4-10-9(8-15)2-1-3-11(10)12/h1-3,12H,4-7H2,(H,16,17)/t12-/m0/s1. The number of nitrogens with one attached hydrogen (secondary N) is 1. The van der Waals surface area contributed by atoms with Gasteiger partial charge in [-0.2, -0.15) is 5.26 Å². The van der Waals surface area contributed by atoms with Crippen molar-refractivity contribution in [3.8, 4) is 6.07 Å². The largest absolute Gasteiger partial charge is 0.448 e. The molecule has 0 heterocycles. The number of hydrogen-bond acceptors (Lipinski definition) is 3. The summed E-state index contributed by atoms with van der Waals surface area (Å²) in [7, 11) is 0. The molecule has 1 aliphatic carbocycles. The van der Waals surface area contributed by atoms with Gasteiger partial charge in [-0.1, -0.05) is 12.1 Å². The first-order valence-corrected chi connectivity index (χ1v) is 6.31. The molecule has 1 N–H and O–H groups in total. The van der Waals surface area contributed by atoms with Gasteiger partial charge in [-0.25, -0.2) is 4.79 Å². The van der Waals surface area contributed by atoms with Crippen molar-refractivity contribution in [2.45, 2.75) is 18.9 Å². The highest BCUT2D eigenvalue weighted by atomic mass is 35.5. The Bertz CT molecular complexity index is 496. The Kier molecular flexibility index (Phi) is 4.06. The van der Waals surface area contributed by atoms with Crippen LogP contribution in [0.5, 0.6) is 0 Å². The topological polar surface area (TPSA) is 62.1 Å². The Morgan fingerprint density at radius 2 is 2.44 bits per heavy atom. The van der Waals surface area contributed by atoms with Crippen molar-refractivity contribution in [3.63, 3.8) is 0 Å². The third-order valence-corrected chi connectivity index (χ3v) is 3.15. The van der Waals surface area contributed by atoms with Crippen molar-refractivity contribution in [2.24, 2.45) is 0 Å². The number of nitriles is 1. The summed E-state index contributed by atoms with van der Waals surface area (Å²) in [5.74, 6) is 0.285. The van der Waals surface area contributed by atoms with E-state index in [4.69, 9.17) is 21.6 Å². The smallest absolute Gasteiger partial charge is 0.407 e. The molecule has 2 rings (SSSR count). The van der Waals surface area contributed by atoms with Crippen LogP contribution in [0.2, 0.25) is 0 Å². The van der Waals surface area contributed by atoms with Gasteiger partial charge in [-0.05, 0) is 30.0 Å². The Labute approximate surface area is 111 Å². The minimum absolute atomic E-state index is 0.0730. The van der Waals surface area contributed by atoms with Crippen LogP contribution in [-0.2, 0) is 11.2 Å². The number of ether oxygens (including phenoxy) is 1. The van der Waals surface area contributed by atoms with Gasteiger partial charge in [0, 0.05) is 0 Å². The van der Waals surface area contributed by atoms with Crippen LogP contribution >= 0.6 is 11.6 Å². The van der Waals surface area contributed by atoms with Gasteiger partial charge < -0.3 is 10.1 Å². The van der Waals surface area contributed by atoms with Crippen LogP contribution in [-0.4, -0.2) is 18.6 Å². The summed E-state index contributed by atoms with van der Waals surface area (Å²) in [6.45, 7) is 0.200. The van der Waals surface area contributed by atoms with Gasteiger partial charge in [-0.3, -0.25) is 0 Å². The number of carbonyl (C=O) groups is 1. The number of nitrogens with zero attached hydrogens (tertiary/aromatic N) is 1. The monoisotopic (exact) mass is 264 g/mol. The third-order valence-electron chi connectivity index (χ3n) is 2.99. The first-order valence-electron chi connectivity index (χ1n) is 5.77. The van der Waals surface area contributed by atoms with E-state index in [2.05, 4.69) is 11.4 Å². The van der Waals surface area contributed by atoms with E-state index in [0.717, 1.165) is 24.0 Å². The van der Waals surface area contributed by atoms with Crippen LogP contribution in [0, 0.1) is 11.3 Å². The fraction of sp³-hybridized carbons (Fsp3) is 0.385. The van der Waals surface area contributed by atoms with Crippen LogP contribution in [0.25, 0.3) is 0 Å². The van der Waals surface area contributed by atoms with Crippen molar-refractivity contribution in [1.29, 1.82) is 5.26 Å². The van der Waals surface area contributed by atoms with Crippen molar-refractivity contribution >= 4 is 17.7 Å². The van der Waals surface area contributed by atoms with E-state index in [1.165, 1.54) is 0 Å². The fourth-order valence-corrected chi connectivity index (χ4v) is 2.30. The summed E-state index contributed by atoms with van der Waals surface area (Å²) in [5, 5.41) is 11.8. The predicted octanol–water partition coefficient (Wildman–Crippen LogP) is 2.51. The number of benzene rings is 1. The quantitative estimate of drug-likeness (QED) is 0.854. The summed E-state index contributed by atoms with van der Waals surface area (Å²) in [6, 6.07) is 7.67. The van der Waals surface area contributed by atoms with Gasteiger partial charge in [0.1, 0.15) is 6.61 Å². The molecule has 0 aliphatic heterocycles. The highest BCUT2D eigenvalue weighted by Gasteiger charge is 2.26. The van der Waals surface area contributed by atoms with Crippen LogP contribution in [0.1, 0.15) is 29.2 Å². The summed E-state index contributed by atoms with van der Waals surface area (Å²) < 4.78 is 4.88. The summed E-state index contributed by atoms with van der Waals surface area (Å²) in [6.07, 6.45) is 1.14. The second-order valence-electron chi connectivity index (χ2n) is 4.05. The number of alkyl carbamates (subject to hydrolysis) is 1. The van der Waals surface area contributed by atoms with Gasteiger partial charge in [-0.15, -0.1) is 11.6 Å². The maximum Gasteiger partial charge on any atom is 0.407 e. The number of halogens is 1. The molecule has 1 aromatic carbocycles. The maximum absolute atomic E-state index is 11.5. The lowest BCUT2D eigenvalue weighted by Crippen LogP contribution is -2.28. The van der Waals surface area contributed by atoms with E-state index in [-0.39, 0.29) is 18.5 Å². The first-order chi connectivity index (χ1) is 8.76. The molecular formula is C13H13ClN2O2. The number of rotatable bonds is 3. The molecule has 4 nitrogen and oxygen atoms in total. The second-order valence-corrected chi connectivity index (χ2v) is 4.42. The fourth-order valence-electron chi connectivity index (χ4n) is 2.22. The molecule has 1 aromatic rings. The van der Waals surface area contributed by atoms with Gasteiger partial charge in [0.2, 0.25) is 0 Å². The molecule has 0 unspecified atom stereocenters. The molecule has 0 aromatic heterocycles. The highest BCUT2D eigenvalue weighted by Crippen LogP contribution is 2.33. The molecule has 0 bridgehead atoms. The summed E-state index contributed by atoms with van der Waals surface area (Å²) in [5.41, 5.74) is 2.73. The molecule has 0 saturated heterocycles. The average molecular weight is 265 g/mol. The Morgan fingerprint density at radius 3 is 3.17 bits per heavy atom. The van der Waals surface area contributed by atoms with E-state index >= 15 is 0 Å². The lowest BCUT2D eigenvalue weighted by atomic mass is 10.0. The summed E-state index contributed by atoms with van der Waals surface area (Å²) >= 11 is 5.44. The number of alkyl halides is 1. The van der Waals surface area contributed by atoms with Gasteiger partial charge in [0.25, 0.3) is 0 Å². The van der Waals surface area contributed by atoms with E-state index in [1.807, 2.05) is 12.1 Å². The second kappa shape index (κ2) is 5.74. The molecule has 0 radical (unpaired) electrons. The predicted molar refractivity (Wildman–Crippen MR) is 67.4 cm³/mol. The molecule has 18 heavy (non-hydrogen) atoms. The number of fused-ring (bicyclic) bond motifs is 1. The Hall–Kier alpha value is -1.73. The number of amides is 1. The Morgan fingerprint density at radius 1 is 1.61 bits per heavy atom. The van der Waals surface area contributed by atoms with Crippen LogP contribution in [0.4, 0.5) is 4.79 Å². The number of carbonyl (C=O) groups excluding carboxylic acids is 1. The minimum Gasteiger partial charge on any atom is -0.448 e. The van der Waals surface area contributed by atoms with Crippen LogP contribution in [0.15, 0.2) is 18.2 Å². The van der Waals surface area contributed by atoms with E-state index < -0.39 is 6.09 Å². The normalized spacial score (nSPS) is 16.8. The number of hydrogen-bond donors (Lipinski definition) is 1. The van der Waals surface area contributed by atoms with Gasteiger partial charge in [0.15, 0.2) is 0 Å². The lowest BCUT2D eigenvalue weighted by Gasteiger charge is -2.13. The zero-order valence-corrected chi connectivity index (χ0v) is 10.5. The molecule has 0 fully saturated rings. The van der Waals surface area contributed by atoms with E-state index in [9.17, 15) is 4.79 Å². The molecular weight excluding hydrogens is 252 g/mol. The van der Waals surface area contributed by atoms with Crippen molar-refractivity contribution in [3.05, 3.63) is 34.9 Å². The first kappa shape index (κ1) is 12.7. The average Bonchev–Trinajstić information content (AvgIpc) is 2.79. The molecule has 94 valence electrons. The van der Waals surface area contributed by atoms with Crippen molar-refractivity contribution in [2.75, 3.05) is 12.5 Å². The van der Waals surface area contributed by atoms with Crippen LogP contribution in [0.3, 0.4) is 0 Å². The SMILES string of the molecule is N#Cc1cccc2c1CC[C@@H]2NC(=O)OCCCl. The van der Waals surface area contributed by atoms with Gasteiger partial charge in [0.05, 0.1) is 23.6 Å². The molecule has 5 heteroatoms. The van der Waals surface area contributed by atoms with E-state index in [1.54, 1.807) is 6.07 Å². The van der Waals surface area contributed by atoms with Crippen molar-refractivity contribution < 1.29 is 9.53 Å². The molecule has 0 spiro atoms. The van der Waals surface area contributed by atoms with Crippen molar-refractivity contribution in [1.82, 2.24) is 5.32 Å². The third kappa shape index (κ3) is 2.57. The molecule has 1 atom stereocenters.